The Morgan fingerprint density at radius 3 is 2.09 bits per heavy atom. The number of rotatable bonds is 11. The van der Waals surface area contributed by atoms with E-state index in [9.17, 15) is 18.0 Å². The number of sulfonamides is 1. The van der Waals surface area contributed by atoms with Crippen LogP contribution in [0, 0.1) is 6.92 Å². The van der Waals surface area contributed by atoms with Crippen LogP contribution in [0.25, 0.3) is 0 Å². The molecule has 0 bridgehead atoms. The minimum Gasteiger partial charge on any atom is -0.352 e. The van der Waals surface area contributed by atoms with Crippen LogP contribution in [0.15, 0.2) is 48.5 Å². The van der Waals surface area contributed by atoms with Crippen LogP contribution in [0.5, 0.6) is 0 Å². The molecular weight excluding hydrogens is 474 g/mol. The summed E-state index contributed by atoms with van der Waals surface area (Å²) in [7, 11) is -3.75. The Morgan fingerprint density at radius 1 is 1.00 bits per heavy atom. The molecular formula is C25H34ClN3O4S. The highest BCUT2D eigenvalue weighted by Gasteiger charge is 2.32. The number of nitrogens with one attached hydrogen (secondary N) is 1. The first kappa shape index (κ1) is 27.7. The van der Waals surface area contributed by atoms with Crippen molar-refractivity contribution >= 4 is 39.1 Å². The Kier molecular flexibility index (Phi) is 9.94. The average Bonchev–Trinajstić information content (AvgIpc) is 2.78. The summed E-state index contributed by atoms with van der Waals surface area (Å²) in [5.41, 5.74) is 2.15. The zero-order valence-electron chi connectivity index (χ0n) is 20.4. The Labute approximate surface area is 208 Å². The summed E-state index contributed by atoms with van der Waals surface area (Å²) in [5.74, 6) is -0.729. The lowest BCUT2D eigenvalue weighted by Crippen LogP contribution is -2.53. The summed E-state index contributed by atoms with van der Waals surface area (Å²) < 4.78 is 26.3. The van der Waals surface area contributed by atoms with Gasteiger partial charge in [0, 0.05) is 17.6 Å². The third-order valence-corrected chi connectivity index (χ3v) is 7.05. The second-order valence-electron chi connectivity index (χ2n) is 8.50. The van der Waals surface area contributed by atoms with Gasteiger partial charge >= 0.3 is 0 Å². The number of anilines is 1. The lowest BCUT2D eigenvalue weighted by atomic mass is 10.1. The molecule has 2 atom stereocenters. The average molecular weight is 508 g/mol. The summed E-state index contributed by atoms with van der Waals surface area (Å²) in [4.78, 5) is 28.1. The molecule has 0 spiro atoms. The van der Waals surface area contributed by atoms with E-state index in [0.717, 1.165) is 28.1 Å². The quantitative estimate of drug-likeness (QED) is 0.495. The van der Waals surface area contributed by atoms with Gasteiger partial charge in [0.1, 0.15) is 12.6 Å². The summed E-state index contributed by atoms with van der Waals surface area (Å²) >= 11 is 6.00. The van der Waals surface area contributed by atoms with Crippen molar-refractivity contribution in [2.75, 3.05) is 17.1 Å². The number of benzene rings is 2. The molecule has 0 radical (unpaired) electrons. The molecule has 1 N–H and O–H groups in total. The van der Waals surface area contributed by atoms with Gasteiger partial charge in [-0.2, -0.15) is 0 Å². The summed E-state index contributed by atoms with van der Waals surface area (Å²) in [6.07, 6.45) is 2.20. The van der Waals surface area contributed by atoms with Crippen LogP contribution in [0.3, 0.4) is 0 Å². The van der Waals surface area contributed by atoms with Crippen molar-refractivity contribution in [3.63, 3.8) is 0 Å². The molecule has 0 aromatic heterocycles. The Bertz CT molecular complexity index is 1070. The van der Waals surface area contributed by atoms with Crippen LogP contribution in [0.1, 0.15) is 44.7 Å². The number of hydrogen-bond acceptors (Lipinski definition) is 4. The summed E-state index contributed by atoms with van der Waals surface area (Å²) in [6.45, 7) is 7.33. The molecule has 0 aliphatic heterocycles. The van der Waals surface area contributed by atoms with Gasteiger partial charge in [0.2, 0.25) is 21.8 Å². The van der Waals surface area contributed by atoms with Crippen molar-refractivity contribution < 1.29 is 18.0 Å². The van der Waals surface area contributed by atoms with Crippen LogP contribution in [-0.2, 0) is 26.2 Å². The van der Waals surface area contributed by atoms with Gasteiger partial charge in [-0.05, 0) is 56.5 Å². The Morgan fingerprint density at radius 2 is 1.59 bits per heavy atom. The molecule has 34 heavy (non-hydrogen) atoms. The molecule has 2 aromatic rings. The first-order chi connectivity index (χ1) is 16.0. The molecule has 0 aliphatic carbocycles. The first-order valence-corrected chi connectivity index (χ1v) is 13.6. The van der Waals surface area contributed by atoms with E-state index in [1.54, 1.807) is 48.5 Å². The van der Waals surface area contributed by atoms with Crippen LogP contribution in [-0.4, -0.2) is 50.0 Å². The molecule has 0 saturated carbocycles. The number of halogens is 1. The number of amides is 2. The maximum absolute atomic E-state index is 13.6. The maximum atomic E-state index is 13.6. The molecule has 0 fully saturated rings. The van der Waals surface area contributed by atoms with Crippen molar-refractivity contribution in [2.24, 2.45) is 0 Å². The van der Waals surface area contributed by atoms with E-state index in [2.05, 4.69) is 5.32 Å². The van der Waals surface area contributed by atoms with Crippen LogP contribution < -0.4 is 9.62 Å². The van der Waals surface area contributed by atoms with Gasteiger partial charge < -0.3 is 10.2 Å². The standard InChI is InChI=1S/C25H34ClN3O4S/c1-6-19(4)27-25(31)23(7-2)28(16-20-10-12-21(26)13-11-20)24(30)17-29(34(5,32)33)22-14-8-18(3)9-15-22/h8-15,19,23H,6-7,16-17H2,1-5H3,(H,27,31)/t19-,23+/m1/s1. The molecule has 2 amide bonds. The van der Waals surface area contributed by atoms with E-state index in [1.807, 2.05) is 27.7 Å². The lowest BCUT2D eigenvalue weighted by Gasteiger charge is -2.33. The molecule has 0 unspecified atom stereocenters. The van der Waals surface area contributed by atoms with Crippen LogP contribution in [0.2, 0.25) is 5.02 Å². The van der Waals surface area contributed by atoms with E-state index in [0.29, 0.717) is 17.1 Å². The number of aryl methyl sites for hydroxylation is 1. The fourth-order valence-corrected chi connectivity index (χ4v) is 4.45. The first-order valence-electron chi connectivity index (χ1n) is 11.3. The number of carbonyl (C=O) groups excluding carboxylic acids is 2. The number of hydrogen-bond donors (Lipinski definition) is 1. The summed E-state index contributed by atoms with van der Waals surface area (Å²) in [5, 5.41) is 3.51. The Hall–Kier alpha value is -2.58. The van der Waals surface area contributed by atoms with Gasteiger partial charge in [-0.15, -0.1) is 0 Å². The second kappa shape index (κ2) is 12.2. The molecule has 2 aromatic carbocycles. The fourth-order valence-electron chi connectivity index (χ4n) is 3.47. The monoisotopic (exact) mass is 507 g/mol. The normalized spacial score (nSPS) is 13.1. The van der Waals surface area contributed by atoms with Crippen molar-refractivity contribution in [1.29, 1.82) is 0 Å². The third-order valence-electron chi connectivity index (χ3n) is 5.65. The van der Waals surface area contributed by atoms with Gasteiger partial charge in [0.25, 0.3) is 0 Å². The van der Waals surface area contributed by atoms with Gasteiger partial charge in [-0.25, -0.2) is 8.42 Å². The van der Waals surface area contributed by atoms with Crippen molar-refractivity contribution in [3.05, 3.63) is 64.7 Å². The molecule has 2 rings (SSSR count). The van der Waals surface area contributed by atoms with E-state index < -0.39 is 28.5 Å². The van der Waals surface area contributed by atoms with Crippen LogP contribution in [0.4, 0.5) is 5.69 Å². The van der Waals surface area contributed by atoms with Crippen molar-refractivity contribution in [2.45, 2.75) is 59.2 Å². The zero-order chi connectivity index (χ0) is 25.5. The van der Waals surface area contributed by atoms with Gasteiger partial charge in [-0.1, -0.05) is 55.3 Å². The Balaban J connectivity index is 2.41. The van der Waals surface area contributed by atoms with Crippen LogP contribution >= 0.6 is 11.6 Å². The molecule has 186 valence electrons. The fraction of sp³-hybridized carbons (Fsp3) is 0.440. The predicted octanol–water partition coefficient (Wildman–Crippen LogP) is 4.14. The third kappa shape index (κ3) is 7.74. The molecule has 0 saturated heterocycles. The van der Waals surface area contributed by atoms with Gasteiger partial charge in [0.15, 0.2) is 0 Å². The SMILES string of the molecule is CC[C@@H](C)NC(=O)[C@H](CC)N(Cc1ccc(Cl)cc1)C(=O)CN(c1ccc(C)cc1)S(C)(=O)=O. The number of carbonyl (C=O) groups is 2. The van der Waals surface area contributed by atoms with Crippen molar-refractivity contribution in [1.82, 2.24) is 10.2 Å². The van der Waals surface area contributed by atoms with Gasteiger partial charge in [-0.3, -0.25) is 13.9 Å². The van der Waals surface area contributed by atoms with E-state index in [1.165, 1.54) is 4.90 Å². The largest absolute Gasteiger partial charge is 0.352 e. The van der Waals surface area contributed by atoms with E-state index >= 15 is 0 Å². The van der Waals surface area contributed by atoms with E-state index in [-0.39, 0.29) is 18.5 Å². The minimum atomic E-state index is -3.75. The topological polar surface area (TPSA) is 86.8 Å². The highest BCUT2D eigenvalue weighted by Crippen LogP contribution is 2.21. The molecule has 7 nitrogen and oxygen atoms in total. The highest BCUT2D eigenvalue weighted by molar-refractivity contribution is 7.92. The predicted molar refractivity (Wildman–Crippen MR) is 137 cm³/mol. The molecule has 0 heterocycles. The zero-order valence-corrected chi connectivity index (χ0v) is 22.0. The number of nitrogens with zero attached hydrogens (tertiary/aromatic N) is 2. The highest BCUT2D eigenvalue weighted by atomic mass is 35.5. The smallest absolute Gasteiger partial charge is 0.244 e. The second-order valence-corrected chi connectivity index (χ2v) is 10.8. The van der Waals surface area contributed by atoms with Gasteiger partial charge in [0.05, 0.1) is 11.9 Å². The minimum absolute atomic E-state index is 0.0471. The maximum Gasteiger partial charge on any atom is 0.244 e. The lowest BCUT2D eigenvalue weighted by molar-refractivity contribution is -0.140. The summed E-state index contributed by atoms with van der Waals surface area (Å²) in [6, 6.07) is 13.1. The molecule has 9 heteroatoms. The molecule has 0 aliphatic rings. The van der Waals surface area contributed by atoms with E-state index in [4.69, 9.17) is 11.6 Å². The van der Waals surface area contributed by atoms with Crippen molar-refractivity contribution in [3.8, 4) is 0 Å².